The summed E-state index contributed by atoms with van der Waals surface area (Å²) in [7, 11) is 1.53. The number of nitrogens with zero attached hydrogens (tertiary/aromatic N) is 3. The van der Waals surface area contributed by atoms with Crippen molar-refractivity contribution < 1.29 is 167 Å². The van der Waals surface area contributed by atoms with Crippen LogP contribution >= 0.6 is 0 Å². The van der Waals surface area contributed by atoms with E-state index in [-0.39, 0.29) is 26.4 Å². The number of hydrogen-bond acceptors (Lipinski definition) is 38. The van der Waals surface area contributed by atoms with Crippen LogP contribution in [-0.4, -0.2) is 458 Å². The van der Waals surface area contributed by atoms with Gasteiger partial charge in [0.15, 0.2) is 6.04 Å². The Labute approximate surface area is 710 Å². The molecule has 1 unspecified atom stereocenters. The van der Waals surface area contributed by atoms with Gasteiger partial charge < -0.3 is 167 Å². The average molecular weight is 1740 g/mol. The minimum Gasteiger partial charge on any atom is -0.495 e. The highest BCUT2D eigenvalue weighted by atomic mass is 16.6. The molecule has 0 aliphatic rings. The molecule has 120 heavy (non-hydrogen) atoms. The van der Waals surface area contributed by atoms with Crippen molar-refractivity contribution in [3.8, 4) is 11.5 Å². The second-order valence-corrected chi connectivity index (χ2v) is 24.5. The van der Waals surface area contributed by atoms with Gasteiger partial charge in [-0.15, -0.1) is 0 Å². The zero-order valence-corrected chi connectivity index (χ0v) is 71.7. The summed E-state index contributed by atoms with van der Waals surface area (Å²) in [6, 6.07) is 13.1. The number of benzene rings is 2. The fraction of sp³-hybridized carbons (Fsp3) is 0.827. The standard InChI is InChI=1S/C81H146N4O35/c1-75(82-11-14-90-15-12-86)80(81(88)83-78-5-3-4-6-79(78)89-2)85-84-76-7-9-77(10-8-76)120-74-73-119-72-71-118-70-69-117-68-67-116-66-65-115-64-63-114-62-61-113-60-59-112-58-57-111-56-55-110-54-53-109-52-51-108-50-49-107-48-47-106-46-45-105-44-43-104-42-41-103-40-39-102-38-37-101-36-35-100-34-33-99-32-31-98-30-29-97-28-27-96-26-25-95-24-23-94-22-21-93-20-19-92-18-17-91-16-13-87/h3-10,80,86-87H,11-74H2,1-2H3,(H,83,88). The molecule has 0 aliphatic carbocycles. The fourth-order valence-corrected chi connectivity index (χ4v) is 9.09. The van der Waals surface area contributed by atoms with Crippen LogP contribution in [0.5, 0.6) is 11.5 Å². The molecule has 1 amide bonds. The molecule has 0 bridgehead atoms. The minimum atomic E-state index is -1.01. The molecule has 0 aromatic heterocycles. The first-order valence-corrected chi connectivity index (χ1v) is 41.7. The molecule has 700 valence electrons. The molecule has 0 radical (unpaired) electrons. The molecule has 0 saturated heterocycles. The zero-order chi connectivity index (χ0) is 85.4. The highest BCUT2D eigenvalue weighted by Crippen LogP contribution is 2.24. The van der Waals surface area contributed by atoms with Gasteiger partial charge in [0.25, 0.3) is 5.91 Å². The second-order valence-electron chi connectivity index (χ2n) is 24.5. The number of anilines is 1. The van der Waals surface area contributed by atoms with Gasteiger partial charge >= 0.3 is 0 Å². The van der Waals surface area contributed by atoms with E-state index < -0.39 is 11.9 Å². The number of rotatable bonds is 101. The summed E-state index contributed by atoms with van der Waals surface area (Å²) in [5.41, 5.74) is 1.46. The van der Waals surface area contributed by atoms with Crippen molar-refractivity contribution >= 4 is 23.0 Å². The Kier molecular flexibility index (Phi) is 88.5. The average Bonchev–Trinajstić information content (AvgIpc) is 0.854. The first-order valence-electron chi connectivity index (χ1n) is 41.7. The Morgan fingerprint density at radius 1 is 0.283 bits per heavy atom. The molecule has 39 nitrogen and oxygen atoms in total. The Morgan fingerprint density at radius 2 is 0.492 bits per heavy atom. The van der Waals surface area contributed by atoms with Crippen molar-refractivity contribution in [3.05, 3.63) is 48.5 Å². The van der Waals surface area contributed by atoms with Gasteiger partial charge in [0.2, 0.25) is 0 Å². The summed E-state index contributed by atoms with van der Waals surface area (Å²) in [6.07, 6.45) is 0. The van der Waals surface area contributed by atoms with E-state index >= 15 is 0 Å². The maximum atomic E-state index is 13.4. The van der Waals surface area contributed by atoms with Crippen molar-refractivity contribution in [2.45, 2.75) is 13.0 Å². The molecule has 0 fully saturated rings. The Bertz CT molecular complexity index is 2450. The van der Waals surface area contributed by atoms with Crippen molar-refractivity contribution in [1.82, 2.24) is 0 Å². The SMILES string of the molecule is COc1ccccc1NC(=O)C(N=Nc1ccc(OCCOCCOCCOCCOCCOCCOCCOCCOCCOCCOCCOCCOCCOCCOCCOCCOCCOCCOCCOCCOCCOCCOCCOCCOCCOCCOCCOCCOCCOCCO)cc1)C(C)=NCCOCCO. The Hall–Kier alpha value is -4.50. The van der Waals surface area contributed by atoms with Gasteiger partial charge in [-0.2, -0.15) is 10.2 Å². The van der Waals surface area contributed by atoms with Crippen LogP contribution in [0.15, 0.2) is 63.8 Å². The molecule has 39 heteroatoms. The first kappa shape index (κ1) is 112. The third-order valence-corrected chi connectivity index (χ3v) is 15.1. The van der Waals surface area contributed by atoms with Crippen LogP contribution in [0.3, 0.4) is 0 Å². The summed E-state index contributed by atoms with van der Waals surface area (Å²) in [5, 5.41) is 29.1. The number of nitrogens with one attached hydrogen (secondary N) is 1. The number of hydrogen-bond donors (Lipinski definition) is 3. The second kappa shape index (κ2) is 95.2. The number of carbonyl (C=O) groups excluding carboxylic acids is 1. The lowest BCUT2D eigenvalue weighted by molar-refractivity contribution is -0.116. The van der Waals surface area contributed by atoms with Crippen LogP contribution in [0.2, 0.25) is 0 Å². The molecular formula is C81H146N4O35. The van der Waals surface area contributed by atoms with Crippen LogP contribution in [0.25, 0.3) is 0 Å². The summed E-state index contributed by atoms with van der Waals surface area (Å²) >= 11 is 0. The summed E-state index contributed by atoms with van der Waals surface area (Å²) in [6.45, 7) is 29.8. The number of aliphatic hydroxyl groups excluding tert-OH is 2. The minimum absolute atomic E-state index is 0.0142. The van der Waals surface area contributed by atoms with Gasteiger partial charge in [0.05, 0.1) is 435 Å². The van der Waals surface area contributed by atoms with Crippen LogP contribution < -0.4 is 14.8 Å². The van der Waals surface area contributed by atoms with Crippen LogP contribution in [0.4, 0.5) is 11.4 Å². The predicted molar refractivity (Wildman–Crippen MR) is 439 cm³/mol. The van der Waals surface area contributed by atoms with Crippen LogP contribution in [0.1, 0.15) is 6.92 Å². The van der Waals surface area contributed by atoms with Crippen molar-refractivity contribution in [2.24, 2.45) is 15.2 Å². The molecule has 3 N–H and O–H groups in total. The van der Waals surface area contributed by atoms with Crippen molar-refractivity contribution in [1.29, 1.82) is 0 Å². The number of ether oxygens (including phenoxy) is 32. The Morgan fingerprint density at radius 3 is 0.717 bits per heavy atom. The normalized spacial score (nSPS) is 12.2. The van der Waals surface area contributed by atoms with Crippen molar-refractivity contribution in [3.63, 3.8) is 0 Å². The molecular weight excluding hydrogens is 1590 g/mol. The number of methoxy groups -OCH3 is 1. The summed E-state index contributed by atoms with van der Waals surface area (Å²) in [4.78, 5) is 17.8. The number of aliphatic hydroxyl groups is 2. The highest BCUT2D eigenvalue weighted by Gasteiger charge is 2.23. The van der Waals surface area contributed by atoms with Crippen LogP contribution in [-0.2, 0) is 147 Å². The van der Waals surface area contributed by atoms with E-state index in [9.17, 15) is 4.79 Å². The molecule has 0 saturated carbocycles. The Balaban J connectivity index is 1.15. The van der Waals surface area contributed by atoms with E-state index in [1.54, 1.807) is 55.5 Å². The molecule has 0 heterocycles. The zero-order valence-electron chi connectivity index (χ0n) is 71.7. The van der Waals surface area contributed by atoms with Crippen LogP contribution in [0, 0.1) is 0 Å². The molecule has 2 aromatic rings. The largest absolute Gasteiger partial charge is 0.495 e. The van der Waals surface area contributed by atoms with Gasteiger partial charge in [-0.25, -0.2) is 0 Å². The van der Waals surface area contributed by atoms with Crippen molar-refractivity contribution in [2.75, 3.05) is 435 Å². The first-order chi connectivity index (χ1) is 59.6. The summed E-state index contributed by atoms with van der Waals surface area (Å²) < 4.78 is 176. The van der Waals surface area contributed by atoms with E-state index in [0.29, 0.717) is 425 Å². The van der Waals surface area contributed by atoms with Gasteiger partial charge in [-0.3, -0.25) is 9.79 Å². The molecule has 0 spiro atoms. The smallest absolute Gasteiger partial charge is 0.257 e. The maximum Gasteiger partial charge on any atom is 0.257 e. The van der Waals surface area contributed by atoms with E-state index in [0.717, 1.165) is 0 Å². The maximum absolute atomic E-state index is 13.4. The lowest BCUT2D eigenvalue weighted by Crippen LogP contribution is -2.32. The third-order valence-electron chi connectivity index (χ3n) is 15.1. The molecule has 2 aromatic carbocycles. The molecule has 1 atom stereocenters. The number of para-hydroxylation sites is 2. The predicted octanol–water partition coefficient (Wildman–Crippen LogP) is 3.11. The van der Waals surface area contributed by atoms with E-state index in [4.69, 9.17) is 162 Å². The van der Waals surface area contributed by atoms with Gasteiger partial charge in [-0.1, -0.05) is 12.1 Å². The third kappa shape index (κ3) is 80.6. The lowest BCUT2D eigenvalue weighted by Gasteiger charge is -2.14. The topological polar surface area (TPSA) is 402 Å². The van der Waals surface area contributed by atoms with Gasteiger partial charge in [-0.05, 0) is 43.3 Å². The van der Waals surface area contributed by atoms with E-state index in [2.05, 4.69) is 20.5 Å². The number of aliphatic imine (C=N–C) groups is 1. The summed E-state index contributed by atoms with van der Waals surface area (Å²) in [5.74, 6) is 0.706. The number of carbonyl (C=O) groups is 1. The van der Waals surface area contributed by atoms with Gasteiger partial charge in [0, 0.05) is 5.71 Å². The van der Waals surface area contributed by atoms with Gasteiger partial charge in [0.1, 0.15) is 18.1 Å². The highest BCUT2D eigenvalue weighted by molar-refractivity contribution is 6.12. The molecule has 0 aliphatic heterocycles. The van der Waals surface area contributed by atoms with E-state index in [1.807, 2.05) is 0 Å². The fourth-order valence-electron chi connectivity index (χ4n) is 9.09. The lowest BCUT2D eigenvalue weighted by atomic mass is 10.2. The number of amides is 1. The number of azo groups is 1. The quantitative estimate of drug-likeness (QED) is 0.0486. The monoisotopic (exact) mass is 1730 g/mol. The molecule has 2 rings (SSSR count). The van der Waals surface area contributed by atoms with E-state index in [1.165, 1.54) is 7.11 Å².